The highest BCUT2D eigenvalue weighted by Crippen LogP contribution is 2.27. The number of hydrogen-bond donors (Lipinski definition) is 1. The van der Waals surface area contributed by atoms with Crippen LogP contribution in [-0.4, -0.2) is 30.6 Å². The highest BCUT2D eigenvalue weighted by atomic mass is 16.3. The molecule has 0 bridgehead atoms. The second-order valence-corrected chi connectivity index (χ2v) is 8.13. The number of rotatable bonds is 6. The molecule has 0 radical (unpaired) electrons. The van der Waals surface area contributed by atoms with Crippen molar-refractivity contribution >= 4 is 16.7 Å². The zero-order valence-electron chi connectivity index (χ0n) is 15.6. The topological polar surface area (TPSA) is 28.4 Å². The van der Waals surface area contributed by atoms with Crippen molar-refractivity contribution in [3.05, 3.63) is 30.0 Å². The van der Waals surface area contributed by atoms with Crippen molar-refractivity contribution in [3.63, 3.8) is 0 Å². The fourth-order valence-electron chi connectivity index (χ4n) is 4.56. The molecule has 1 unspecified atom stereocenters. The summed E-state index contributed by atoms with van der Waals surface area (Å²) >= 11 is 0. The van der Waals surface area contributed by atoms with Crippen molar-refractivity contribution in [2.45, 2.75) is 64.3 Å². The van der Waals surface area contributed by atoms with E-state index in [1.54, 1.807) is 0 Å². The van der Waals surface area contributed by atoms with Crippen LogP contribution in [0.3, 0.4) is 0 Å². The zero-order chi connectivity index (χ0) is 17.1. The van der Waals surface area contributed by atoms with Gasteiger partial charge in [0.15, 0.2) is 0 Å². The van der Waals surface area contributed by atoms with E-state index in [9.17, 15) is 0 Å². The van der Waals surface area contributed by atoms with Gasteiger partial charge in [-0.05, 0) is 69.3 Å². The largest absolute Gasteiger partial charge is 0.461 e. The van der Waals surface area contributed by atoms with E-state index in [-0.39, 0.29) is 0 Å². The lowest BCUT2D eigenvalue weighted by molar-refractivity contribution is 0.266. The fraction of sp³-hybridized carbons (Fsp3) is 0.636. The monoisotopic (exact) mass is 340 g/mol. The summed E-state index contributed by atoms with van der Waals surface area (Å²) in [5.41, 5.74) is 2.26. The van der Waals surface area contributed by atoms with E-state index in [4.69, 9.17) is 4.42 Å². The first-order valence-corrected chi connectivity index (χ1v) is 10.3. The number of benzene rings is 1. The third kappa shape index (κ3) is 4.20. The zero-order valence-corrected chi connectivity index (χ0v) is 15.6. The molecule has 0 spiro atoms. The fourth-order valence-corrected chi connectivity index (χ4v) is 4.56. The summed E-state index contributed by atoms with van der Waals surface area (Å²) in [5.74, 6) is 1.98. The summed E-state index contributed by atoms with van der Waals surface area (Å²) < 4.78 is 6.06. The Bertz CT molecular complexity index is 686. The van der Waals surface area contributed by atoms with Crippen LogP contribution in [0.2, 0.25) is 0 Å². The first-order valence-electron chi connectivity index (χ1n) is 10.3. The Balaban J connectivity index is 1.35. The molecule has 2 aromatic rings. The van der Waals surface area contributed by atoms with Crippen molar-refractivity contribution in [3.8, 4) is 0 Å². The van der Waals surface area contributed by atoms with Gasteiger partial charge in [-0.1, -0.05) is 19.3 Å². The van der Waals surface area contributed by atoms with Gasteiger partial charge in [0.05, 0.1) is 0 Å². The SMILES string of the molecule is CC1CCCN1CCc1cc2cc(NCC3CCCCC3)ccc2o1. The van der Waals surface area contributed by atoms with Gasteiger partial charge >= 0.3 is 0 Å². The smallest absolute Gasteiger partial charge is 0.134 e. The van der Waals surface area contributed by atoms with Gasteiger partial charge in [0.25, 0.3) is 0 Å². The van der Waals surface area contributed by atoms with Crippen LogP contribution in [0.1, 0.15) is 57.6 Å². The molecule has 3 heteroatoms. The van der Waals surface area contributed by atoms with Crippen LogP contribution in [-0.2, 0) is 6.42 Å². The first-order chi connectivity index (χ1) is 12.3. The Kier molecular flexibility index (Phi) is 5.30. The minimum atomic E-state index is 0.736. The quantitative estimate of drug-likeness (QED) is 0.758. The average molecular weight is 341 g/mol. The minimum absolute atomic E-state index is 0.736. The average Bonchev–Trinajstić information content (AvgIpc) is 3.24. The number of nitrogens with one attached hydrogen (secondary N) is 1. The molecular weight excluding hydrogens is 308 g/mol. The molecular formula is C22H32N2O. The molecule has 1 saturated carbocycles. The molecule has 4 rings (SSSR count). The Morgan fingerprint density at radius 3 is 2.76 bits per heavy atom. The molecule has 3 nitrogen and oxygen atoms in total. The highest BCUT2D eigenvalue weighted by molar-refractivity contribution is 5.81. The molecule has 1 aliphatic carbocycles. The van der Waals surface area contributed by atoms with Gasteiger partial charge in [0.2, 0.25) is 0 Å². The van der Waals surface area contributed by atoms with Gasteiger partial charge in [0.1, 0.15) is 11.3 Å². The van der Waals surface area contributed by atoms with Crippen LogP contribution in [0.4, 0.5) is 5.69 Å². The normalized spacial score (nSPS) is 22.7. The van der Waals surface area contributed by atoms with Crippen LogP contribution in [0.15, 0.2) is 28.7 Å². The Morgan fingerprint density at radius 2 is 1.96 bits per heavy atom. The van der Waals surface area contributed by atoms with Gasteiger partial charge in [-0.25, -0.2) is 0 Å². The summed E-state index contributed by atoms with van der Waals surface area (Å²) in [4.78, 5) is 2.59. The van der Waals surface area contributed by atoms with Crippen molar-refractivity contribution in [1.29, 1.82) is 0 Å². The Labute approximate surface area is 151 Å². The van der Waals surface area contributed by atoms with Gasteiger partial charge in [0, 0.05) is 36.6 Å². The van der Waals surface area contributed by atoms with E-state index in [2.05, 4.69) is 41.4 Å². The minimum Gasteiger partial charge on any atom is -0.461 e. The summed E-state index contributed by atoms with van der Waals surface area (Å²) in [5, 5.41) is 4.88. The van der Waals surface area contributed by atoms with Crippen molar-refractivity contribution < 1.29 is 4.42 Å². The standard InChI is InChI=1S/C22H32N2O/c1-17-6-5-12-24(17)13-11-21-15-19-14-20(9-10-22(19)25-21)23-16-18-7-3-2-4-8-18/h9-10,14-15,17-18,23H,2-8,11-13,16H2,1H3. The van der Waals surface area contributed by atoms with E-state index in [0.29, 0.717) is 0 Å². The first kappa shape index (κ1) is 17.0. The Hall–Kier alpha value is -1.48. The molecule has 136 valence electrons. The number of nitrogens with zero attached hydrogens (tertiary/aromatic N) is 1. The van der Waals surface area contributed by atoms with Gasteiger partial charge < -0.3 is 14.6 Å². The number of furan rings is 1. The molecule has 2 fully saturated rings. The molecule has 1 aromatic heterocycles. The van der Waals surface area contributed by atoms with E-state index in [1.165, 1.54) is 62.6 Å². The van der Waals surface area contributed by atoms with Crippen molar-refractivity contribution in [1.82, 2.24) is 4.90 Å². The lowest BCUT2D eigenvalue weighted by atomic mass is 9.89. The molecule has 2 aliphatic rings. The molecule has 1 aromatic carbocycles. The van der Waals surface area contributed by atoms with Crippen LogP contribution >= 0.6 is 0 Å². The maximum absolute atomic E-state index is 6.06. The third-order valence-corrected chi connectivity index (χ3v) is 6.22. The molecule has 1 aliphatic heterocycles. The number of fused-ring (bicyclic) bond motifs is 1. The van der Waals surface area contributed by atoms with E-state index in [1.807, 2.05) is 0 Å². The molecule has 25 heavy (non-hydrogen) atoms. The number of likely N-dealkylation sites (tertiary alicyclic amines) is 1. The van der Waals surface area contributed by atoms with E-state index >= 15 is 0 Å². The van der Waals surface area contributed by atoms with E-state index < -0.39 is 0 Å². The second-order valence-electron chi connectivity index (χ2n) is 8.13. The molecule has 2 heterocycles. The predicted octanol–water partition coefficient (Wildman–Crippen LogP) is 5.45. The second kappa shape index (κ2) is 7.82. The summed E-state index contributed by atoms with van der Waals surface area (Å²) in [6, 6.07) is 9.52. The molecule has 1 N–H and O–H groups in total. The van der Waals surface area contributed by atoms with Gasteiger partial charge in [-0.15, -0.1) is 0 Å². The summed E-state index contributed by atoms with van der Waals surface area (Å²) in [7, 11) is 0. The maximum Gasteiger partial charge on any atom is 0.134 e. The van der Waals surface area contributed by atoms with Crippen LogP contribution in [0.25, 0.3) is 11.0 Å². The van der Waals surface area contributed by atoms with Crippen LogP contribution in [0.5, 0.6) is 0 Å². The van der Waals surface area contributed by atoms with Crippen LogP contribution < -0.4 is 5.32 Å². The molecule has 1 saturated heterocycles. The van der Waals surface area contributed by atoms with Gasteiger partial charge in [-0.2, -0.15) is 0 Å². The van der Waals surface area contributed by atoms with Crippen molar-refractivity contribution in [2.24, 2.45) is 5.92 Å². The maximum atomic E-state index is 6.06. The molecule has 1 atom stereocenters. The predicted molar refractivity (Wildman–Crippen MR) is 105 cm³/mol. The number of hydrogen-bond acceptors (Lipinski definition) is 3. The third-order valence-electron chi connectivity index (χ3n) is 6.22. The summed E-state index contributed by atoms with van der Waals surface area (Å²) in [6.07, 6.45) is 10.7. The van der Waals surface area contributed by atoms with Crippen LogP contribution in [0, 0.1) is 5.92 Å². The van der Waals surface area contributed by atoms with Crippen molar-refractivity contribution in [2.75, 3.05) is 25.0 Å². The lowest BCUT2D eigenvalue weighted by Gasteiger charge is -2.22. The number of anilines is 1. The van der Waals surface area contributed by atoms with Gasteiger partial charge in [-0.3, -0.25) is 0 Å². The summed E-state index contributed by atoms with van der Waals surface area (Å²) in [6.45, 7) is 5.82. The molecule has 0 amide bonds. The highest BCUT2D eigenvalue weighted by Gasteiger charge is 2.20. The lowest BCUT2D eigenvalue weighted by Crippen LogP contribution is -2.28. The van der Waals surface area contributed by atoms with E-state index in [0.717, 1.165) is 42.8 Å². The Morgan fingerprint density at radius 1 is 1.08 bits per heavy atom.